The Labute approximate surface area is 164 Å². The van der Waals surface area contributed by atoms with Crippen molar-refractivity contribution in [3.8, 4) is 5.75 Å². The van der Waals surface area contributed by atoms with E-state index in [0.29, 0.717) is 15.7 Å². The van der Waals surface area contributed by atoms with Crippen LogP contribution in [0.3, 0.4) is 0 Å². The first-order chi connectivity index (χ1) is 12.2. The summed E-state index contributed by atoms with van der Waals surface area (Å²) in [4.78, 5) is 6.78. The molecular formula is C21H22Cl2N2O. The molecule has 2 aromatic carbocycles. The second-order valence-corrected chi connectivity index (χ2v) is 7.85. The third-order valence-electron chi connectivity index (χ3n) is 4.82. The number of allylic oxidation sites excluding steroid dienone is 1. The lowest BCUT2D eigenvalue weighted by molar-refractivity contribution is 0.414. The van der Waals surface area contributed by atoms with Crippen molar-refractivity contribution in [1.82, 2.24) is 0 Å². The molecule has 1 aliphatic heterocycles. The molecule has 2 aromatic rings. The van der Waals surface area contributed by atoms with E-state index in [1.807, 2.05) is 0 Å². The predicted octanol–water partition coefficient (Wildman–Crippen LogP) is 6.38. The van der Waals surface area contributed by atoms with Gasteiger partial charge in [-0.1, -0.05) is 29.3 Å². The number of anilines is 1. The average molecular weight is 389 g/mol. The summed E-state index contributed by atoms with van der Waals surface area (Å²) in [7, 11) is 3.77. The zero-order valence-corrected chi connectivity index (χ0v) is 17.1. The summed E-state index contributed by atoms with van der Waals surface area (Å²) in [5.74, 6) is 0.773. The van der Waals surface area contributed by atoms with Gasteiger partial charge in [-0.25, -0.2) is 0 Å². The van der Waals surface area contributed by atoms with Crippen molar-refractivity contribution in [2.24, 2.45) is 4.99 Å². The van der Waals surface area contributed by atoms with Crippen LogP contribution in [0, 0.1) is 0 Å². The number of halogens is 2. The van der Waals surface area contributed by atoms with Crippen molar-refractivity contribution < 1.29 is 4.74 Å². The molecule has 0 amide bonds. The highest BCUT2D eigenvalue weighted by Gasteiger charge is 2.29. The van der Waals surface area contributed by atoms with Crippen LogP contribution in [0.5, 0.6) is 5.75 Å². The Bertz CT molecular complexity index is 916. The number of methoxy groups -OCH3 is 1. The van der Waals surface area contributed by atoms with E-state index in [4.69, 9.17) is 27.9 Å². The predicted molar refractivity (Wildman–Crippen MR) is 113 cm³/mol. The molecule has 0 unspecified atom stereocenters. The van der Waals surface area contributed by atoms with Crippen LogP contribution in [0.1, 0.15) is 31.9 Å². The first-order valence-electron chi connectivity index (χ1n) is 8.38. The number of hydrogen-bond donors (Lipinski definition) is 0. The molecule has 3 rings (SSSR count). The van der Waals surface area contributed by atoms with E-state index in [1.165, 1.54) is 11.1 Å². The summed E-state index contributed by atoms with van der Waals surface area (Å²) in [6, 6.07) is 9.43. The Morgan fingerprint density at radius 2 is 1.88 bits per heavy atom. The summed E-state index contributed by atoms with van der Waals surface area (Å²) in [5, 5.41) is 1.11. The number of hydrogen-bond acceptors (Lipinski definition) is 3. The fourth-order valence-corrected chi connectivity index (χ4v) is 3.65. The summed E-state index contributed by atoms with van der Waals surface area (Å²) in [6.07, 6.45) is 4.06. The summed E-state index contributed by atoms with van der Waals surface area (Å²) in [5.41, 5.74) is 5.09. The van der Waals surface area contributed by atoms with Gasteiger partial charge in [-0.15, -0.1) is 0 Å². The summed E-state index contributed by atoms with van der Waals surface area (Å²) >= 11 is 12.2. The topological polar surface area (TPSA) is 24.8 Å². The Hall–Kier alpha value is -1.97. The van der Waals surface area contributed by atoms with Gasteiger partial charge in [0.1, 0.15) is 5.75 Å². The Kier molecular flexibility index (Phi) is 5.05. The van der Waals surface area contributed by atoms with Gasteiger partial charge < -0.3 is 9.64 Å². The highest BCUT2D eigenvalue weighted by molar-refractivity contribution is 6.36. The second-order valence-electron chi connectivity index (χ2n) is 7.01. The molecule has 1 aliphatic rings. The van der Waals surface area contributed by atoms with E-state index in [0.717, 1.165) is 17.0 Å². The van der Waals surface area contributed by atoms with E-state index >= 15 is 0 Å². The van der Waals surface area contributed by atoms with Crippen molar-refractivity contribution in [3.63, 3.8) is 0 Å². The Morgan fingerprint density at radius 3 is 2.54 bits per heavy atom. The number of nitrogens with zero attached hydrogens (tertiary/aromatic N) is 2. The average Bonchev–Trinajstić information content (AvgIpc) is 2.58. The molecule has 0 bridgehead atoms. The maximum absolute atomic E-state index is 6.21. The van der Waals surface area contributed by atoms with E-state index in [-0.39, 0.29) is 5.54 Å². The molecule has 0 saturated heterocycles. The highest BCUT2D eigenvalue weighted by Crippen LogP contribution is 2.41. The standard InChI is InChI=1S/C21H22Cl2N2O/c1-13-11-21(2,3)25(4)19-10-20(26-5)14(8-16(13)19)12-24-18-7-6-15(22)9-17(18)23/h6-12H,1-5H3. The molecule has 0 saturated carbocycles. The fraction of sp³-hybridized carbons (Fsp3) is 0.286. The van der Waals surface area contributed by atoms with Crippen LogP contribution in [-0.4, -0.2) is 25.9 Å². The minimum absolute atomic E-state index is 0.0471. The summed E-state index contributed by atoms with van der Waals surface area (Å²) in [6.45, 7) is 6.53. The molecule has 1 heterocycles. The van der Waals surface area contributed by atoms with Crippen molar-refractivity contribution in [3.05, 3.63) is 57.6 Å². The number of ether oxygens (including phenoxy) is 1. The molecule has 0 fully saturated rings. The molecule has 0 atom stereocenters. The fourth-order valence-electron chi connectivity index (χ4n) is 3.20. The monoisotopic (exact) mass is 388 g/mol. The third-order valence-corrected chi connectivity index (χ3v) is 5.36. The van der Waals surface area contributed by atoms with Gasteiger partial charge in [-0.2, -0.15) is 0 Å². The first kappa shape index (κ1) is 18.8. The molecular weight excluding hydrogens is 367 g/mol. The SMILES string of the molecule is COc1cc2c(cc1C=Nc1ccc(Cl)cc1Cl)C(C)=CC(C)(C)N2C. The van der Waals surface area contributed by atoms with Gasteiger partial charge in [0, 0.05) is 41.2 Å². The van der Waals surface area contributed by atoms with Crippen LogP contribution in [-0.2, 0) is 0 Å². The van der Waals surface area contributed by atoms with E-state index in [9.17, 15) is 0 Å². The molecule has 136 valence electrons. The van der Waals surface area contributed by atoms with Gasteiger partial charge in [-0.3, -0.25) is 4.99 Å². The lowest BCUT2D eigenvalue weighted by atomic mass is 9.88. The van der Waals surface area contributed by atoms with Crippen LogP contribution in [0.2, 0.25) is 10.0 Å². The molecule has 0 N–H and O–H groups in total. The van der Waals surface area contributed by atoms with Crippen molar-refractivity contribution in [2.45, 2.75) is 26.3 Å². The molecule has 0 spiro atoms. The lowest BCUT2D eigenvalue weighted by Crippen LogP contribution is -2.42. The van der Waals surface area contributed by atoms with Crippen molar-refractivity contribution in [1.29, 1.82) is 0 Å². The highest BCUT2D eigenvalue weighted by atomic mass is 35.5. The normalized spacial score (nSPS) is 15.8. The molecule has 0 aromatic heterocycles. The molecule has 0 aliphatic carbocycles. The van der Waals surface area contributed by atoms with Crippen LogP contribution in [0.25, 0.3) is 5.57 Å². The number of benzene rings is 2. The Balaban J connectivity index is 2.06. The van der Waals surface area contributed by atoms with Gasteiger partial charge in [0.05, 0.1) is 23.4 Å². The van der Waals surface area contributed by atoms with Gasteiger partial charge in [0.2, 0.25) is 0 Å². The van der Waals surface area contributed by atoms with Gasteiger partial charge >= 0.3 is 0 Å². The van der Waals surface area contributed by atoms with Crippen LogP contribution >= 0.6 is 23.2 Å². The minimum Gasteiger partial charge on any atom is -0.496 e. The third kappa shape index (κ3) is 3.46. The van der Waals surface area contributed by atoms with Gasteiger partial charge in [0.25, 0.3) is 0 Å². The maximum atomic E-state index is 6.21. The molecule has 26 heavy (non-hydrogen) atoms. The number of fused-ring (bicyclic) bond motifs is 1. The van der Waals surface area contributed by atoms with Crippen LogP contribution in [0.15, 0.2) is 41.4 Å². The Morgan fingerprint density at radius 1 is 1.15 bits per heavy atom. The number of likely N-dealkylation sites (N-methyl/N-ethyl adjacent to an activating group) is 1. The van der Waals surface area contributed by atoms with Crippen LogP contribution < -0.4 is 9.64 Å². The zero-order chi connectivity index (χ0) is 19.1. The molecule has 5 heteroatoms. The molecule has 3 nitrogen and oxygen atoms in total. The quantitative estimate of drug-likeness (QED) is 0.569. The van der Waals surface area contributed by atoms with Crippen molar-refractivity contribution >= 4 is 46.4 Å². The second kappa shape index (κ2) is 6.98. The number of rotatable bonds is 3. The minimum atomic E-state index is -0.0471. The summed E-state index contributed by atoms with van der Waals surface area (Å²) < 4.78 is 5.61. The van der Waals surface area contributed by atoms with Crippen LogP contribution in [0.4, 0.5) is 11.4 Å². The lowest BCUT2D eigenvalue weighted by Gasteiger charge is -2.40. The van der Waals surface area contributed by atoms with Gasteiger partial charge in [0.15, 0.2) is 0 Å². The van der Waals surface area contributed by atoms with E-state index < -0.39 is 0 Å². The number of aliphatic imine (C=N–C) groups is 1. The van der Waals surface area contributed by atoms with Gasteiger partial charge in [-0.05, 0) is 50.6 Å². The molecule has 0 radical (unpaired) electrons. The van der Waals surface area contributed by atoms with Crippen molar-refractivity contribution in [2.75, 3.05) is 19.1 Å². The maximum Gasteiger partial charge on any atom is 0.129 e. The zero-order valence-electron chi connectivity index (χ0n) is 15.6. The smallest absolute Gasteiger partial charge is 0.129 e. The van der Waals surface area contributed by atoms with E-state index in [1.54, 1.807) is 31.5 Å². The first-order valence-corrected chi connectivity index (χ1v) is 9.13. The largest absolute Gasteiger partial charge is 0.496 e. The van der Waals surface area contributed by atoms with E-state index in [2.05, 4.69) is 55.9 Å².